The molecule has 0 fully saturated rings. The molecule has 1 aromatic rings. The number of methoxy groups -OCH3 is 1. The van der Waals surface area contributed by atoms with Crippen LogP contribution in [0.4, 0.5) is 0 Å². The van der Waals surface area contributed by atoms with Crippen LogP contribution < -0.4 is 0 Å². The van der Waals surface area contributed by atoms with Gasteiger partial charge >= 0.3 is 5.97 Å². The second-order valence-corrected chi connectivity index (χ2v) is 3.09. The predicted molar refractivity (Wildman–Crippen MR) is 56.4 cm³/mol. The van der Waals surface area contributed by atoms with E-state index < -0.39 is 5.97 Å². The maximum atomic E-state index is 11.5. The minimum atomic E-state index is -0.481. The fourth-order valence-electron chi connectivity index (χ4n) is 1.44. The Morgan fingerprint density at radius 2 is 2.19 bits per heavy atom. The molecule has 0 spiro atoms. The quantitative estimate of drug-likeness (QED) is 0.719. The van der Waals surface area contributed by atoms with Gasteiger partial charge in [0.1, 0.15) is 0 Å². The lowest BCUT2D eigenvalue weighted by atomic mass is 9.98. The van der Waals surface area contributed by atoms with Crippen LogP contribution in [0, 0.1) is 22.7 Å². The number of ether oxygens (including phenoxy) is 1. The molecule has 0 aliphatic carbocycles. The minimum Gasteiger partial charge on any atom is -0.465 e. The van der Waals surface area contributed by atoms with Gasteiger partial charge in [0.15, 0.2) is 0 Å². The van der Waals surface area contributed by atoms with Gasteiger partial charge in [-0.05, 0) is 24.1 Å². The highest BCUT2D eigenvalue weighted by atomic mass is 16.5. The van der Waals surface area contributed by atoms with Gasteiger partial charge in [-0.25, -0.2) is 4.79 Å². The Morgan fingerprint density at radius 1 is 1.44 bits per heavy atom. The van der Waals surface area contributed by atoms with Crippen molar-refractivity contribution in [3.05, 3.63) is 34.9 Å². The Bertz CT molecular complexity index is 481. The minimum absolute atomic E-state index is 0.267. The first kappa shape index (κ1) is 11.7. The van der Waals surface area contributed by atoms with E-state index in [1.807, 2.05) is 12.1 Å². The van der Waals surface area contributed by atoms with Gasteiger partial charge in [-0.3, -0.25) is 0 Å². The second-order valence-electron chi connectivity index (χ2n) is 3.09. The standard InChI is InChI=1S/C12H10N2O2/c1-16-12(15)11-5-2-4-9(8-14)10(11)6-3-7-13/h2,4-5H,3,6H2,1H3. The average Bonchev–Trinajstić information content (AvgIpc) is 2.34. The zero-order valence-corrected chi connectivity index (χ0v) is 8.86. The molecule has 0 bridgehead atoms. The van der Waals surface area contributed by atoms with Crippen LogP contribution in [0.5, 0.6) is 0 Å². The van der Waals surface area contributed by atoms with Crippen LogP contribution in [0.2, 0.25) is 0 Å². The average molecular weight is 214 g/mol. The highest BCUT2D eigenvalue weighted by Gasteiger charge is 2.14. The topological polar surface area (TPSA) is 73.9 Å². The fourth-order valence-corrected chi connectivity index (χ4v) is 1.44. The summed E-state index contributed by atoms with van der Waals surface area (Å²) in [6, 6.07) is 8.84. The summed E-state index contributed by atoms with van der Waals surface area (Å²) >= 11 is 0. The van der Waals surface area contributed by atoms with E-state index in [0.717, 1.165) is 0 Å². The number of nitriles is 2. The van der Waals surface area contributed by atoms with E-state index in [2.05, 4.69) is 4.74 Å². The summed E-state index contributed by atoms with van der Waals surface area (Å²) in [5.41, 5.74) is 1.35. The van der Waals surface area contributed by atoms with Crippen LogP contribution in [0.1, 0.15) is 27.9 Å². The molecule has 0 aliphatic heterocycles. The first-order valence-electron chi connectivity index (χ1n) is 4.71. The molecule has 0 saturated heterocycles. The molecule has 4 nitrogen and oxygen atoms in total. The van der Waals surface area contributed by atoms with Crippen molar-refractivity contribution in [2.75, 3.05) is 7.11 Å². The molecule has 0 saturated carbocycles. The number of rotatable bonds is 3. The number of hydrogen-bond donors (Lipinski definition) is 0. The van der Waals surface area contributed by atoms with Gasteiger partial charge in [-0.15, -0.1) is 0 Å². The van der Waals surface area contributed by atoms with Crippen molar-refractivity contribution in [1.82, 2.24) is 0 Å². The summed E-state index contributed by atoms with van der Waals surface area (Å²) in [6.07, 6.45) is 0.646. The van der Waals surface area contributed by atoms with Crippen molar-refractivity contribution in [3.8, 4) is 12.1 Å². The van der Waals surface area contributed by atoms with Crippen LogP contribution >= 0.6 is 0 Å². The van der Waals surface area contributed by atoms with Crippen molar-refractivity contribution in [2.45, 2.75) is 12.8 Å². The number of benzene rings is 1. The third-order valence-corrected chi connectivity index (χ3v) is 2.19. The molecule has 0 N–H and O–H groups in total. The van der Waals surface area contributed by atoms with Crippen molar-refractivity contribution in [1.29, 1.82) is 10.5 Å². The molecule has 1 rings (SSSR count). The van der Waals surface area contributed by atoms with Crippen LogP contribution in [0.3, 0.4) is 0 Å². The zero-order valence-electron chi connectivity index (χ0n) is 8.86. The fraction of sp³-hybridized carbons (Fsp3) is 0.250. The lowest BCUT2D eigenvalue weighted by Crippen LogP contribution is -2.07. The third-order valence-electron chi connectivity index (χ3n) is 2.19. The molecule has 0 aliphatic rings. The van der Waals surface area contributed by atoms with Gasteiger partial charge < -0.3 is 4.74 Å². The number of carbonyl (C=O) groups excluding carboxylic acids is 1. The van der Waals surface area contributed by atoms with Gasteiger partial charge in [0.2, 0.25) is 0 Å². The Hall–Kier alpha value is -2.33. The van der Waals surface area contributed by atoms with E-state index in [1.54, 1.807) is 18.2 Å². The monoisotopic (exact) mass is 214 g/mol. The number of hydrogen-bond acceptors (Lipinski definition) is 4. The first-order chi connectivity index (χ1) is 7.74. The lowest BCUT2D eigenvalue weighted by Gasteiger charge is -2.07. The normalized spacial score (nSPS) is 8.94. The van der Waals surface area contributed by atoms with E-state index in [1.165, 1.54) is 7.11 Å². The molecule has 0 atom stereocenters. The van der Waals surface area contributed by atoms with Crippen molar-refractivity contribution in [3.63, 3.8) is 0 Å². The predicted octanol–water partition coefficient (Wildman–Crippen LogP) is 1.80. The Labute approximate surface area is 93.7 Å². The zero-order chi connectivity index (χ0) is 12.0. The molecule has 0 heterocycles. The molecular weight excluding hydrogens is 204 g/mol. The SMILES string of the molecule is COC(=O)c1cccc(C#N)c1CCC#N. The van der Waals surface area contributed by atoms with Crippen LogP contribution in [0.15, 0.2) is 18.2 Å². The summed E-state index contributed by atoms with van der Waals surface area (Å²) in [4.78, 5) is 11.5. The Kier molecular flexibility index (Phi) is 4.06. The van der Waals surface area contributed by atoms with Gasteiger partial charge in [-0.2, -0.15) is 10.5 Å². The molecule has 1 aromatic carbocycles. The summed E-state index contributed by atoms with van der Waals surface area (Å²) in [5.74, 6) is -0.481. The van der Waals surface area contributed by atoms with Crippen molar-refractivity contribution < 1.29 is 9.53 Å². The molecule has 16 heavy (non-hydrogen) atoms. The second kappa shape index (κ2) is 5.53. The van der Waals surface area contributed by atoms with Crippen molar-refractivity contribution in [2.24, 2.45) is 0 Å². The number of esters is 1. The van der Waals surface area contributed by atoms with Crippen LogP contribution in [-0.2, 0) is 11.2 Å². The third kappa shape index (κ3) is 2.37. The number of nitrogens with zero attached hydrogens (tertiary/aromatic N) is 2. The summed E-state index contributed by atoms with van der Waals surface area (Å²) < 4.78 is 4.63. The molecule has 0 amide bonds. The Morgan fingerprint density at radius 3 is 2.75 bits per heavy atom. The van der Waals surface area contributed by atoms with Crippen LogP contribution in [-0.4, -0.2) is 13.1 Å². The highest BCUT2D eigenvalue weighted by molar-refractivity contribution is 5.91. The summed E-state index contributed by atoms with van der Waals surface area (Å²) in [7, 11) is 1.29. The van der Waals surface area contributed by atoms with Crippen molar-refractivity contribution >= 4 is 5.97 Å². The maximum Gasteiger partial charge on any atom is 0.338 e. The molecule has 0 aromatic heterocycles. The first-order valence-corrected chi connectivity index (χ1v) is 4.71. The van der Waals surface area contributed by atoms with Gasteiger partial charge in [-0.1, -0.05) is 6.07 Å². The molecular formula is C12H10N2O2. The smallest absolute Gasteiger partial charge is 0.338 e. The highest BCUT2D eigenvalue weighted by Crippen LogP contribution is 2.17. The molecule has 0 unspecified atom stereocenters. The lowest BCUT2D eigenvalue weighted by molar-refractivity contribution is 0.0599. The summed E-state index contributed by atoms with van der Waals surface area (Å²) in [5, 5.41) is 17.4. The summed E-state index contributed by atoms with van der Waals surface area (Å²) in [6.45, 7) is 0. The van der Waals surface area contributed by atoms with E-state index in [-0.39, 0.29) is 6.42 Å². The van der Waals surface area contributed by atoms with E-state index >= 15 is 0 Å². The molecule has 0 radical (unpaired) electrons. The number of carbonyl (C=O) groups is 1. The molecule has 80 valence electrons. The van der Waals surface area contributed by atoms with Gasteiger partial charge in [0.05, 0.1) is 30.4 Å². The van der Waals surface area contributed by atoms with E-state index in [0.29, 0.717) is 23.1 Å². The Balaban J connectivity index is 3.22. The maximum absolute atomic E-state index is 11.5. The largest absolute Gasteiger partial charge is 0.465 e. The van der Waals surface area contributed by atoms with Crippen LogP contribution in [0.25, 0.3) is 0 Å². The van der Waals surface area contributed by atoms with Gasteiger partial charge in [0.25, 0.3) is 0 Å². The molecule has 4 heteroatoms. The van der Waals surface area contributed by atoms with Gasteiger partial charge in [0, 0.05) is 6.42 Å². The van der Waals surface area contributed by atoms with E-state index in [4.69, 9.17) is 10.5 Å². The van der Waals surface area contributed by atoms with E-state index in [9.17, 15) is 4.79 Å².